The van der Waals surface area contributed by atoms with E-state index in [1.54, 1.807) is 4.68 Å². The van der Waals surface area contributed by atoms with Crippen molar-refractivity contribution in [3.8, 4) is 5.69 Å². The smallest absolute Gasteiger partial charge is 0.170 e. The zero-order chi connectivity index (χ0) is 13.1. The van der Waals surface area contributed by atoms with Crippen LogP contribution in [0.25, 0.3) is 5.69 Å². The van der Waals surface area contributed by atoms with Crippen LogP contribution in [-0.2, 0) is 6.54 Å². The molecule has 0 fully saturated rings. The molecule has 0 bridgehead atoms. The molecule has 0 amide bonds. The SMILES string of the molecule is CC(C)NCc1nnnn1-c1c(Br)cccc1Br. The average molecular weight is 375 g/mol. The summed E-state index contributed by atoms with van der Waals surface area (Å²) in [4.78, 5) is 0. The van der Waals surface area contributed by atoms with Gasteiger partial charge in [0.15, 0.2) is 5.82 Å². The number of halogens is 2. The van der Waals surface area contributed by atoms with E-state index >= 15 is 0 Å². The average Bonchev–Trinajstić information content (AvgIpc) is 2.74. The van der Waals surface area contributed by atoms with Crippen LogP contribution in [0.3, 0.4) is 0 Å². The molecule has 1 heterocycles. The zero-order valence-corrected chi connectivity index (χ0v) is 13.2. The Hall–Kier alpha value is -0.790. The van der Waals surface area contributed by atoms with Crippen LogP contribution in [0, 0.1) is 0 Å². The summed E-state index contributed by atoms with van der Waals surface area (Å²) in [6, 6.07) is 6.26. The van der Waals surface area contributed by atoms with E-state index in [1.807, 2.05) is 18.2 Å². The molecule has 1 N–H and O–H groups in total. The molecule has 2 aromatic rings. The highest BCUT2D eigenvalue weighted by Crippen LogP contribution is 2.28. The van der Waals surface area contributed by atoms with Crippen LogP contribution in [0.5, 0.6) is 0 Å². The molecular weight excluding hydrogens is 362 g/mol. The fraction of sp³-hybridized carbons (Fsp3) is 0.364. The standard InChI is InChI=1S/C11H13Br2N5/c1-7(2)14-6-10-15-16-17-18(10)11-8(12)4-3-5-9(11)13/h3-5,7,14H,6H2,1-2H3. The third-order valence-corrected chi connectivity index (χ3v) is 3.63. The Kier molecular flexibility index (Phi) is 4.47. The van der Waals surface area contributed by atoms with Gasteiger partial charge in [0.25, 0.3) is 0 Å². The molecule has 0 saturated carbocycles. The van der Waals surface area contributed by atoms with Gasteiger partial charge < -0.3 is 5.32 Å². The van der Waals surface area contributed by atoms with Crippen LogP contribution >= 0.6 is 31.9 Å². The quantitative estimate of drug-likeness (QED) is 0.893. The minimum Gasteiger partial charge on any atom is -0.308 e. The lowest BCUT2D eigenvalue weighted by atomic mass is 10.3. The summed E-state index contributed by atoms with van der Waals surface area (Å²) in [7, 11) is 0. The number of aromatic nitrogens is 4. The van der Waals surface area contributed by atoms with E-state index in [2.05, 4.69) is 66.5 Å². The first-order valence-electron chi connectivity index (χ1n) is 5.54. The topological polar surface area (TPSA) is 55.6 Å². The van der Waals surface area contributed by atoms with Gasteiger partial charge >= 0.3 is 0 Å². The number of para-hydroxylation sites is 1. The van der Waals surface area contributed by atoms with Crippen molar-refractivity contribution >= 4 is 31.9 Å². The van der Waals surface area contributed by atoms with E-state index in [4.69, 9.17) is 0 Å². The van der Waals surface area contributed by atoms with E-state index < -0.39 is 0 Å². The third-order valence-electron chi connectivity index (χ3n) is 2.35. The first kappa shape index (κ1) is 13.6. The predicted octanol–water partition coefficient (Wildman–Crippen LogP) is 2.69. The largest absolute Gasteiger partial charge is 0.308 e. The highest BCUT2D eigenvalue weighted by atomic mass is 79.9. The molecule has 0 aliphatic heterocycles. The van der Waals surface area contributed by atoms with E-state index in [0.717, 1.165) is 20.5 Å². The Bertz CT molecular complexity index is 518. The van der Waals surface area contributed by atoms with Gasteiger partial charge in [-0.1, -0.05) is 19.9 Å². The van der Waals surface area contributed by atoms with Crippen LogP contribution in [0.2, 0.25) is 0 Å². The Morgan fingerprint density at radius 1 is 1.28 bits per heavy atom. The van der Waals surface area contributed by atoms with Crippen molar-refractivity contribution in [2.24, 2.45) is 0 Å². The molecule has 0 aliphatic rings. The second kappa shape index (κ2) is 5.90. The lowest BCUT2D eigenvalue weighted by Gasteiger charge is -2.10. The first-order chi connectivity index (χ1) is 8.59. The molecule has 0 aliphatic carbocycles. The van der Waals surface area contributed by atoms with Crippen molar-refractivity contribution in [2.75, 3.05) is 0 Å². The molecule has 1 aromatic carbocycles. The summed E-state index contributed by atoms with van der Waals surface area (Å²) in [5, 5.41) is 15.1. The number of nitrogens with one attached hydrogen (secondary N) is 1. The van der Waals surface area contributed by atoms with Crippen LogP contribution < -0.4 is 5.32 Å². The molecule has 0 atom stereocenters. The first-order valence-corrected chi connectivity index (χ1v) is 7.13. The Labute approximate surface area is 122 Å². The van der Waals surface area contributed by atoms with Crippen LogP contribution in [0.4, 0.5) is 0 Å². The van der Waals surface area contributed by atoms with E-state index in [0.29, 0.717) is 12.6 Å². The molecule has 7 heteroatoms. The number of nitrogens with zero attached hydrogens (tertiary/aromatic N) is 4. The van der Waals surface area contributed by atoms with Crippen LogP contribution in [0.1, 0.15) is 19.7 Å². The van der Waals surface area contributed by atoms with Gasteiger partial charge in [0.1, 0.15) is 0 Å². The van der Waals surface area contributed by atoms with Crippen molar-refractivity contribution in [2.45, 2.75) is 26.4 Å². The lowest BCUT2D eigenvalue weighted by Crippen LogP contribution is -2.24. The van der Waals surface area contributed by atoms with Crippen molar-refractivity contribution < 1.29 is 0 Å². The highest BCUT2D eigenvalue weighted by molar-refractivity contribution is 9.11. The summed E-state index contributed by atoms with van der Waals surface area (Å²) in [5.41, 5.74) is 0.906. The maximum atomic E-state index is 4.04. The highest BCUT2D eigenvalue weighted by Gasteiger charge is 2.14. The molecule has 0 spiro atoms. The van der Waals surface area contributed by atoms with Gasteiger partial charge in [-0.15, -0.1) is 5.10 Å². The normalized spacial score (nSPS) is 11.2. The van der Waals surface area contributed by atoms with Crippen molar-refractivity contribution in [3.05, 3.63) is 33.0 Å². The maximum absolute atomic E-state index is 4.04. The van der Waals surface area contributed by atoms with E-state index in [1.165, 1.54) is 0 Å². The fourth-order valence-electron chi connectivity index (χ4n) is 1.48. The van der Waals surface area contributed by atoms with Gasteiger partial charge in [-0.2, -0.15) is 4.68 Å². The van der Waals surface area contributed by atoms with Crippen molar-refractivity contribution in [3.63, 3.8) is 0 Å². The van der Waals surface area contributed by atoms with Gasteiger partial charge in [-0.3, -0.25) is 0 Å². The number of benzene rings is 1. The van der Waals surface area contributed by atoms with Gasteiger partial charge in [0.05, 0.1) is 12.2 Å². The summed E-state index contributed by atoms with van der Waals surface area (Å²) in [6.07, 6.45) is 0. The maximum Gasteiger partial charge on any atom is 0.170 e. The number of tetrazole rings is 1. The molecule has 0 radical (unpaired) electrons. The van der Waals surface area contributed by atoms with Gasteiger partial charge in [-0.25, -0.2) is 0 Å². The Balaban J connectivity index is 2.36. The minimum absolute atomic E-state index is 0.387. The number of rotatable bonds is 4. The number of hydrogen-bond acceptors (Lipinski definition) is 4. The molecule has 0 saturated heterocycles. The summed E-state index contributed by atoms with van der Waals surface area (Å²) in [5.74, 6) is 0.774. The van der Waals surface area contributed by atoms with E-state index in [-0.39, 0.29) is 0 Å². The van der Waals surface area contributed by atoms with Crippen molar-refractivity contribution in [1.29, 1.82) is 0 Å². The molecule has 2 rings (SSSR count). The second-order valence-electron chi connectivity index (χ2n) is 4.11. The van der Waals surface area contributed by atoms with Gasteiger partial charge in [-0.05, 0) is 54.4 Å². The molecular formula is C11H13Br2N5. The summed E-state index contributed by atoms with van der Waals surface area (Å²) >= 11 is 7.03. The van der Waals surface area contributed by atoms with Crippen molar-refractivity contribution in [1.82, 2.24) is 25.5 Å². The molecule has 5 nitrogen and oxygen atoms in total. The summed E-state index contributed by atoms with van der Waals surface area (Å²) < 4.78 is 3.61. The van der Waals surface area contributed by atoms with Crippen LogP contribution in [-0.4, -0.2) is 26.2 Å². The second-order valence-corrected chi connectivity index (χ2v) is 5.82. The monoisotopic (exact) mass is 373 g/mol. The molecule has 18 heavy (non-hydrogen) atoms. The summed E-state index contributed by atoms with van der Waals surface area (Å²) in [6.45, 7) is 4.80. The fourth-order valence-corrected chi connectivity index (χ4v) is 2.81. The Morgan fingerprint density at radius 3 is 2.56 bits per heavy atom. The number of hydrogen-bond donors (Lipinski definition) is 1. The predicted molar refractivity (Wildman–Crippen MR) is 76.5 cm³/mol. The van der Waals surface area contributed by atoms with E-state index in [9.17, 15) is 0 Å². The Morgan fingerprint density at radius 2 is 1.94 bits per heavy atom. The minimum atomic E-state index is 0.387. The third kappa shape index (κ3) is 2.96. The molecule has 0 unspecified atom stereocenters. The zero-order valence-electron chi connectivity index (χ0n) is 10.1. The lowest BCUT2D eigenvalue weighted by molar-refractivity contribution is 0.562. The molecule has 1 aromatic heterocycles. The molecule has 96 valence electrons. The van der Waals surface area contributed by atoms with Crippen LogP contribution in [0.15, 0.2) is 27.1 Å². The van der Waals surface area contributed by atoms with Gasteiger partial charge in [0, 0.05) is 15.0 Å². The van der Waals surface area contributed by atoms with Gasteiger partial charge in [0.2, 0.25) is 0 Å².